The maximum absolute atomic E-state index is 11.0. The van der Waals surface area contributed by atoms with Crippen molar-refractivity contribution in [3.63, 3.8) is 0 Å². The van der Waals surface area contributed by atoms with Crippen LogP contribution in [0.3, 0.4) is 0 Å². The second kappa shape index (κ2) is 6.17. The number of nitrogens with zero attached hydrogens (tertiary/aromatic N) is 1. The van der Waals surface area contributed by atoms with E-state index in [-0.39, 0.29) is 5.97 Å². The van der Waals surface area contributed by atoms with E-state index in [1.54, 1.807) is 0 Å². The van der Waals surface area contributed by atoms with Crippen molar-refractivity contribution in [1.29, 1.82) is 0 Å². The molecule has 0 aromatic carbocycles. The fraction of sp³-hybridized carbons (Fsp3) is 0.500. The summed E-state index contributed by atoms with van der Waals surface area (Å²) in [7, 11) is 0. The molecule has 3 nitrogen and oxygen atoms in total. The maximum Gasteiger partial charge on any atom is 0.305 e. The van der Waals surface area contributed by atoms with Gasteiger partial charge in [0.25, 0.3) is 0 Å². The Labute approximate surface area is 90.5 Å². The van der Waals surface area contributed by atoms with Gasteiger partial charge in [-0.05, 0) is 38.3 Å². The number of esters is 1. The molecule has 0 saturated heterocycles. The van der Waals surface area contributed by atoms with E-state index in [0.29, 0.717) is 13.0 Å². The zero-order valence-corrected chi connectivity index (χ0v) is 9.32. The van der Waals surface area contributed by atoms with Gasteiger partial charge in [0.1, 0.15) is 0 Å². The fourth-order valence-corrected chi connectivity index (χ4v) is 1.29. The van der Waals surface area contributed by atoms with Gasteiger partial charge in [0.15, 0.2) is 0 Å². The molecular formula is C12H17NO2. The minimum absolute atomic E-state index is 0.121. The van der Waals surface area contributed by atoms with Crippen molar-refractivity contribution < 1.29 is 9.53 Å². The fourth-order valence-electron chi connectivity index (χ4n) is 1.29. The van der Waals surface area contributed by atoms with E-state index < -0.39 is 0 Å². The number of carbonyl (C=O) groups excluding carboxylic acids is 1. The predicted octanol–water partition coefficient (Wildman–Crippen LogP) is 2.28. The van der Waals surface area contributed by atoms with Crippen LogP contribution in [0.4, 0.5) is 0 Å². The first-order valence-corrected chi connectivity index (χ1v) is 5.29. The molecule has 0 unspecified atom stereocenters. The second-order valence-corrected chi connectivity index (χ2v) is 3.49. The Morgan fingerprint density at radius 2 is 2.27 bits per heavy atom. The first kappa shape index (κ1) is 11.7. The van der Waals surface area contributed by atoms with Gasteiger partial charge in [-0.3, -0.25) is 9.78 Å². The average Bonchev–Trinajstić information content (AvgIpc) is 2.21. The Kier molecular flexibility index (Phi) is 4.81. The maximum atomic E-state index is 11.0. The standard InChI is InChI=1S/C12H17NO2/c1-3-15-12(14)6-4-5-11-8-7-10(2)9-13-11/h7-9H,3-6H2,1-2H3. The molecule has 0 aliphatic heterocycles. The number of hydrogen-bond acceptors (Lipinski definition) is 3. The molecule has 82 valence electrons. The topological polar surface area (TPSA) is 39.2 Å². The SMILES string of the molecule is CCOC(=O)CCCc1ccc(C)cn1. The molecule has 0 saturated carbocycles. The lowest BCUT2D eigenvalue weighted by Crippen LogP contribution is -2.04. The Bertz CT molecular complexity index is 306. The summed E-state index contributed by atoms with van der Waals surface area (Å²) in [5.74, 6) is -0.121. The van der Waals surface area contributed by atoms with Crippen LogP contribution >= 0.6 is 0 Å². The molecule has 0 amide bonds. The molecule has 15 heavy (non-hydrogen) atoms. The number of aromatic nitrogens is 1. The summed E-state index contributed by atoms with van der Waals surface area (Å²) in [5.41, 5.74) is 2.19. The van der Waals surface area contributed by atoms with Gasteiger partial charge >= 0.3 is 5.97 Å². The smallest absolute Gasteiger partial charge is 0.305 e. The lowest BCUT2D eigenvalue weighted by molar-refractivity contribution is -0.143. The zero-order valence-electron chi connectivity index (χ0n) is 9.32. The van der Waals surface area contributed by atoms with E-state index in [1.165, 1.54) is 0 Å². The van der Waals surface area contributed by atoms with E-state index in [9.17, 15) is 4.79 Å². The third-order valence-electron chi connectivity index (χ3n) is 2.09. The van der Waals surface area contributed by atoms with E-state index in [0.717, 1.165) is 24.1 Å². The van der Waals surface area contributed by atoms with E-state index >= 15 is 0 Å². The summed E-state index contributed by atoms with van der Waals surface area (Å²) in [6, 6.07) is 4.03. The molecule has 0 bridgehead atoms. The molecule has 1 heterocycles. The van der Waals surface area contributed by atoms with Gasteiger partial charge in [0.05, 0.1) is 6.61 Å². The van der Waals surface area contributed by atoms with Crippen LogP contribution in [0, 0.1) is 6.92 Å². The molecule has 3 heteroatoms. The van der Waals surface area contributed by atoms with Crippen LogP contribution in [0.5, 0.6) is 0 Å². The van der Waals surface area contributed by atoms with Crippen LogP contribution in [-0.2, 0) is 16.0 Å². The number of ether oxygens (including phenoxy) is 1. The van der Waals surface area contributed by atoms with E-state index in [1.807, 2.05) is 32.2 Å². The highest BCUT2D eigenvalue weighted by atomic mass is 16.5. The Hall–Kier alpha value is -1.38. The summed E-state index contributed by atoms with van der Waals surface area (Å²) in [6.07, 6.45) is 3.96. The molecule has 1 rings (SSSR count). The second-order valence-electron chi connectivity index (χ2n) is 3.49. The number of carbonyl (C=O) groups is 1. The molecule has 0 fully saturated rings. The third kappa shape index (κ3) is 4.58. The molecule has 0 radical (unpaired) electrons. The van der Waals surface area contributed by atoms with Crippen molar-refractivity contribution in [2.24, 2.45) is 0 Å². The summed E-state index contributed by atoms with van der Waals surface area (Å²) in [5, 5.41) is 0. The van der Waals surface area contributed by atoms with E-state index in [4.69, 9.17) is 4.74 Å². The Morgan fingerprint density at radius 1 is 1.47 bits per heavy atom. The molecule has 1 aromatic heterocycles. The summed E-state index contributed by atoms with van der Waals surface area (Å²) in [6.45, 7) is 4.29. The number of hydrogen-bond donors (Lipinski definition) is 0. The molecule has 0 atom stereocenters. The van der Waals surface area contributed by atoms with Gasteiger partial charge in [-0.2, -0.15) is 0 Å². The van der Waals surface area contributed by atoms with Crippen molar-refractivity contribution in [2.75, 3.05) is 6.61 Å². The predicted molar refractivity (Wildman–Crippen MR) is 58.5 cm³/mol. The quantitative estimate of drug-likeness (QED) is 0.695. The minimum atomic E-state index is -0.121. The zero-order chi connectivity index (χ0) is 11.1. The summed E-state index contributed by atoms with van der Waals surface area (Å²) in [4.78, 5) is 15.3. The van der Waals surface area contributed by atoms with Crippen LogP contribution in [0.15, 0.2) is 18.3 Å². The molecule has 0 spiro atoms. The number of rotatable bonds is 5. The van der Waals surface area contributed by atoms with E-state index in [2.05, 4.69) is 4.98 Å². The first-order valence-electron chi connectivity index (χ1n) is 5.29. The van der Waals surface area contributed by atoms with Crippen molar-refractivity contribution in [3.05, 3.63) is 29.6 Å². The monoisotopic (exact) mass is 207 g/mol. The van der Waals surface area contributed by atoms with Crippen molar-refractivity contribution >= 4 is 5.97 Å². The summed E-state index contributed by atoms with van der Waals surface area (Å²) >= 11 is 0. The largest absolute Gasteiger partial charge is 0.466 e. The molecule has 1 aromatic rings. The van der Waals surface area contributed by atoms with Gasteiger partial charge in [-0.1, -0.05) is 6.07 Å². The molecule has 0 aliphatic rings. The third-order valence-corrected chi connectivity index (χ3v) is 2.09. The first-order chi connectivity index (χ1) is 7.22. The summed E-state index contributed by atoms with van der Waals surface area (Å²) < 4.78 is 4.84. The number of aryl methyl sites for hydroxylation is 2. The lowest BCUT2D eigenvalue weighted by Gasteiger charge is -2.02. The van der Waals surface area contributed by atoms with Gasteiger partial charge in [-0.25, -0.2) is 0 Å². The molecule has 0 aliphatic carbocycles. The van der Waals surface area contributed by atoms with Gasteiger partial charge in [0, 0.05) is 18.3 Å². The number of pyridine rings is 1. The van der Waals surface area contributed by atoms with Gasteiger partial charge in [-0.15, -0.1) is 0 Å². The van der Waals surface area contributed by atoms with Gasteiger partial charge in [0.2, 0.25) is 0 Å². The Morgan fingerprint density at radius 3 is 2.87 bits per heavy atom. The van der Waals surface area contributed by atoms with Crippen LogP contribution < -0.4 is 0 Å². The van der Waals surface area contributed by atoms with Crippen LogP contribution in [0.1, 0.15) is 31.0 Å². The average molecular weight is 207 g/mol. The highest BCUT2D eigenvalue weighted by Crippen LogP contribution is 2.04. The molecular weight excluding hydrogens is 190 g/mol. The van der Waals surface area contributed by atoms with Crippen molar-refractivity contribution in [3.8, 4) is 0 Å². The van der Waals surface area contributed by atoms with Crippen LogP contribution in [0.25, 0.3) is 0 Å². The highest BCUT2D eigenvalue weighted by molar-refractivity contribution is 5.69. The normalized spacial score (nSPS) is 10.0. The Balaban J connectivity index is 2.26. The minimum Gasteiger partial charge on any atom is -0.466 e. The highest BCUT2D eigenvalue weighted by Gasteiger charge is 2.01. The van der Waals surface area contributed by atoms with Crippen molar-refractivity contribution in [1.82, 2.24) is 4.98 Å². The van der Waals surface area contributed by atoms with Crippen LogP contribution in [0.2, 0.25) is 0 Å². The van der Waals surface area contributed by atoms with Crippen LogP contribution in [-0.4, -0.2) is 17.6 Å². The van der Waals surface area contributed by atoms with Gasteiger partial charge < -0.3 is 4.74 Å². The van der Waals surface area contributed by atoms with Crippen molar-refractivity contribution in [2.45, 2.75) is 33.1 Å². The lowest BCUT2D eigenvalue weighted by atomic mass is 10.1. The molecule has 0 N–H and O–H groups in total.